The molecule has 0 bridgehead atoms. The van der Waals surface area contributed by atoms with Crippen LogP contribution in [-0.2, 0) is 4.79 Å². The van der Waals surface area contributed by atoms with E-state index in [4.69, 9.17) is 20.3 Å². The molecule has 0 saturated heterocycles. The summed E-state index contributed by atoms with van der Waals surface area (Å²) in [6.07, 6.45) is 3.82. The maximum Gasteiger partial charge on any atom is 0.303 e. The zero-order valence-corrected chi connectivity index (χ0v) is 13.6. The molecule has 0 radical (unpaired) electrons. The zero-order valence-electron chi connectivity index (χ0n) is 12.0. The predicted molar refractivity (Wildman–Crippen MR) is 82.8 cm³/mol. The number of hydrogen-bond donors (Lipinski definition) is 2. The van der Waals surface area contributed by atoms with Crippen molar-refractivity contribution in [2.24, 2.45) is 5.73 Å². The minimum Gasteiger partial charge on any atom is -0.493 e. The monoisotopic (exact) mass is 357 g/mol. The van der Waals surface area contributed by atoms with Crippen molar-refractivity contribution in [3.63, 3.8) is 0 Å². The van der Waals surface area contributed by atoms with Crippen molar-refractivity contribution in [2.75, 3.05) is 7.11 Å². The van der Waals surface area contributed by atoms with Gasteiger partial charge in [0, 0.05) is 22.5 Å². The van der Waals surface area contributed by atoms with E-state index in [1.807, 2.05) is 12.1 Å². The van der Waals surface area contributed by atoms with Crippen molar-refractivity contribution in [1.82, 2.24) is 0 Å². The van der Waals surface area contributed by atoms with Crippen LogP contribution in [0.25, 0.3) is 0 Å². The number of carbonyl (C=O) groups is 1. The average molecular weight is 358 g/mol. The highest BCUT2D eigenvalue weighted by Gasteiger charge is 2.25. The number of aliphatic carboxylic acids is 1. The number of methoxy groups -OCH3 is 1. The molecule has 1 fully saturated rings. The highest BCUT2D eigenvalue weighted by molar-refractivity contribution is 9.10. The van der Waals surface area contributed by atoms with Crippen molar-refractivity contribution in [3.8, 4) is 11.5 Å². The lowest BCUT2D eigenvalue weighted by atomic mass is 9.95. The fourth-order valence-corrected chi connectivity index (χ4v) is 2.69. The molecular weight excluding hydrogens is 338 g/mol. The molecule has 116 valence electrons. The van der Waals surface area contributed by atoms with E-state index >= 15 is 0 Å². The Labute approximate surface area is 132 Å². The topological polar surface area (TPSA) is 81.8 Å². The molecule has 0 aliphatic heterocycles. The number of carboxylic acid groups (broad SMARTS) is 1. The normalized spacial score (nSPS) is 16.1. The number of halogens is 1. The molecular formula is C15H20BrNO4. The molecule has 1 atom stereocenters. The van der Waals surface area contributed by atoms with Gasteiger partial charge in [0.1, 0.15) is 0 Å². The molecule has 21 heavy (non-hydrogen) atoms. The van der Waals surface area contributed by atoms with Gasteiger partial charge in [-0.25, -0.2) is 0 Å². The standard InChI is InChI=1S/C15H20BrNO4/c1-20-13-8-9(16)7-11(12(17)5-6-14(18)19)15(13)21-10-3-2-4-10/h7-8,10,12H,2-6,17H2,1H3,(H,18,19). The van der Waals surface area contributed by atoms with Crippen LogP contribution in [-0.4, -0.2) is 24.3 Å². The molecule has 1 aromatic carbocycles. The smallest absolute Gasteiger partial charge is 0.303 e. The van der Waals surface area contributed by atoms with E-state index in [-0.39, 0.29) is 12.5 Å². The largest absolute Gasteiger partial charge is 0.493 e. The lowest BCUT2D eigenvalue weighted by Crippen LogP contribution is -2.26. The molecule has 5 nitrogen and oxygen atoms in total. The molecule has 1 aliphatic carbocycles. The number of carboxylic acids is 1. The lowest BCUT2D eigenvalue weighted by Gasteiger charge is -2.29. The first-order valence-electron chi connectivity index (χ1n) is 7.02. The van der Waals surface area contributed by atoms with Gasteiger partial charge >= 0.3 is 5.97 Å². The summed E-state index contributed by atoms with van der Waals surface area (Å²) < 4.78 is 12.2. The van der Waals surface area contributed by atoms with Crippen LogP contribution in [0.15, 0.2) is 16.6 Å². The summed E-state index contributed by atoms with van der Waals surface area (Å²) in [5.74, 6) is 0.411. The van der Waals surface area contributed by atoms with Gasteiger partial charge in [-0.15, -0.1) is 0 Å². The second-order valence-electron chi connectivity index (χ2n) is 5.24. The molecule has 3 N–H and O–H groups in total. The van der Waals surface area contributed by atoms with Gasteiger partial charge in [0.25, 0.3) is 0 Å². The Morgan fingerprint density at radius 3 is 2.76 bits per heavy atom. The molecule has 0 amide bonds. The lowest BCUT2D eigenvalue weighted by molar-refractivity contribution is -0.137. The SMILES string of the molecule is COc1cc(Br)cc(C(N)CCC(=O)O)c1OC1CCC1. The van der Waals surface area contributed by atoms with E-state index in [1.165, 1.54) is 6.42 Å². The van der Waals surface area contributed by atoms with Gasteiger partial charge in [0.2, 0.25) is 0 Å². The highest BCUT2D eigenvalue weighted by atomic mass is 79.9. The van der Waals surface area contributed by atoms with Crippen LogP contribution in [0.1, 0.15) is 43.7 Å². The van der Waals surface area contributed by atoms with Gasteiger partial charge < -0.3 is 20.3 Å². The van der Waals surface area contributed by atoms with Crippen LogP contribution in [0.5, 0.6) is 11.5 Å². The summed E-state index contributed by atoms with van der Waals surface area (Å²) in [5, 5.41) is 8.81. The maximum absolute atomic E-state index is 10.7. The Kier molecular flexibility index (Phi) is 5.47. The molecule has 0 heterocycles. The van der Waals surface area contributed by atoms with Gasteiger partial charge in [-0.05, 0) is 37.8 Å². The van der Waals surface area contributed by atoms with Crippen molar-refractivity contribution >= 4 is 21.9 Å². The summed E-state index contributed by atoms with van der Waals surface area (Å²) in [7, 11) is 1.59. The van der Waals surface area contributed by atoms with Crippen molar-refractivity contribution < 1.29 is 19.4 Å². The number of ether oxygens (including phenoxy) is 2. The molecule has 1 aliphatic rings. The van der Waals surface area contributed by atoms with E-state index in [2.05, 4.69) is 15.9 Å². The van der Waals surface area contributed by atoms with E-state index in [0.29, 0.717) is 17.9 Å². The van der Waals surface area contributed by atoms with Crippen molar-refractivity contribution in [1.29, 1.82) is 0 Å². The number of hydrogen-bond acceptors (Lipinski definition) is 4. The second kappa shape index (κ2) is 7.13. The Balaban J connectivity index is 2.26. The van der Waals surface area contributed by atoms with Gasteiger partial charge in [-0.3, -0.25) is 4.79 Å². The van der Waals surface area contributed by atoms with Crippen molar-refractivity contribution in [2.45, 2.75) is 44.2 Å². The van der Waals surface area contributed by atoms with Crippen LogP contribution in [0, 0.1) is 0 Å². The summed E-state index contributed by atoms with van der Waals surface area (Å²) in [4.78, 5) is 10.7. The first kappa shape index (κ1) is 16.1. The molecule has 6 heteroatoms. The van der Waals surface area contributed by atoms with E-state index in [9.17, 15) is 4.79 Å². The number of rotatable bonds is 7. The molecule has 0 aromatic heterocycles. The summed E-state index contributed by atoms with van der Waals surface area (Å²) in [5.41, 5.74) is 6.94. The Bertz CT molecular complexity index is 517. The third kappa shape index (κ3) is 4.11. The van der Waals surface area contributed by atoms with Crippen LogP contribution in [0.2, 0.25) is 0 Å². The Morgan fingerprint density at radius 1 is 1.52 bits per heavy atom. The van der Waals surface area contributed by atoms with Crippen LogP contribution in [0.3, 0.4) is 0 Å². The minimum atomic E-state index is -0.853. The second-order valence-corrected chi connectivity index (χ2v) is 6.15. The average Bonchev–Trinajstić information content (AvgIpc) is 2.40. The fourth-order valence-electron chi connectivity index (χ4n) is 2.23. The molecule has 0 spiro atoms. The van der Waals surface area contributed by atoms with E-state index in [1.54, 1.807) is 7.11 Å². The molecule has 1 saturated carbocycles. The molecule has 2 rings (SSSR count). The number of nitrogens with two attached hydrogens (primary N) is 1. The Hall–Kier alpha value is -1.27. The maximum atomic E-state index is 10.7. The third-order valence-corrected chi connectivity index (χ3v) is 4.13. The first-order valence-corrected chi connectivity index (χ1v) is 7.82. The van der Waals surface area contributed by atoms with Gasteiger partial charge in [0.15, 0.2) is 11.5 Å². The highest BCUT2D eigenvalue weighted by Crippen LogP contribution is 2.41. The summed E-state index contributed by atoms with van der Waals surface area (Å²) in [6, 6.07) is 3.31. The Morgan fingerprint density at radius 2 is 2.24 bits per heavy atom. The number of benzene rings is 1. The summed E-state index contributed by atoms with van der Waals surface area (Å²) in [6.45, 7) is 0. The van der Waals surface area contributed by atoms with Crippen molar-refractivity contribution in [3.05, 3.63) is 22.2 Å². The van der Waals surface area contributed by atoms with Crippen LogP contribution >= 0.6 is 15.9 Å². The minimum absolute atomic E-state index is 0.0267. The van der Waals surface area contributed by atoms with Gasteiger partial charge in [-0.2, -0.15) is 0 Å². The quantitative estimate of drug-likeness (QED) is 0.782. The van der Waals surface area contributed by atoms with Gasteiger partial charge in [-0.1, -0.05) is 15.9 Å². The van der Waals surface area contributed by atoms with Crippen LogP contribution in [0.4, 0.5) is 0 Å². The first-order chi connectivity index (χ1) is 10.0. The molecule has 1 aromatic rings. The predicted octanol–water partition coefficient (Wildman–Crippen LogP) is 3.25. The molecule has 1 unspecified atom stereocenters. The van der Waals surface area contributed by atoms with E-state index in [0.717, 1.165) is 22.9 Å². The van der Waals surface area contributed by atoms with E-state index < -0.39 is 12.0 Å². The third-order valence-electron chi connectivity index (χ3n) is 3.67. The van der Waals surface area contributed by atoms with Crippen LogP contribution < -0.4 is 15.2 Å². The fraction of sp³-hybridized carbons (Fsp3) is 0.533. The zero-order chi connectivity index (χ0) is 15.4. The summed E-state index contributed by atoms with van der Waals surface area (Å²) >= 11 is 3.43. The van der Waals surface area contributed by atoms with Gasteiger partial charge in [0.05, 0.1) is 13.2 Å².